The number of nitrogens with one attached hydrogen (secondary N) is 2. The molecule has 2 aromatic rings. The van der Waals surface area contributed by atoms with Crippen molar-refractivity contribution in [3.63, 3.8) is 0 Å². The zero-order valence-electron chi connectivity index (χ0n) is 12.0. The SMILES string of the molecule is COC(=O)CCCCCNC(=O)c1cccc2cn[nH]c12. The zero-order chi connectivity index (χ0) is 15.1. The Kier molecular flexibility index (Phi) is 5.31. The van der Waals surface area contributed by atoms with E-state index in [1.165, 1.54) is 7.11 Å². The van der Waals surface area contributed by atoms with Crippen LogP contribution in [0.2, 0.25) is 0 Å². The van der Waals surface area contributed by atoms with Crippen LogP contribution in [-0.2, 0) is 9.53 Å². The fourth-order valence-corrected chi connectivity index (χ4v) is 2.13. The fraction of sp³-hybridized carbons (Fsp3) is 0.400. The number of carbonyl (C=O) groups is 2. The summed E-state index contributed by atoms with van der Waals surface area (Å²) in [6.07, 6.45) is 4.61. The second kappa shape index (κ2) is 7.42. The predicted molar refractivity (Wildman–Crippen MR) is 78.9 cm³/mol. The lowest BCUT2D eigenvalue weighted by Crippen LogP contribution is -2.24. The van der Waals surface area contributed by atoms with E-state index in [0.29, 0.717) is 18.5 Å². The van der Waals surface area contributed by atoms with E-state index >= 15 is 0 Å². The Morgan fingerprint density at radius 2 is 2.14 bits per heavy atom. The molecule has 0 fully saturated rings. The van der Waals surface area contributed by atoms with E-state index in [9.17, 15) is 9.59 Å². The molecule has 6 heteroatoms. The van der Waals surface area contributed by atoms with Crippen molar-refractivity contribution in [2.45, 2.75) is 25.7 Å². The van der Waals surface area contributed by atoms with Gasteiger partial charge in [-0.3, -0.25) is 14.7 Å². The molecule has 1 aromatic carbocycles. The van der Waals surface area contributed by atoms with Crippen molar-refractivity contribution in [3.05, 3.63) is 30.0 Å². The molecule has 2 N–H and O–H groups in total. The summed E-state index contributed by atoms with van der Waals surface area (Å²) in [5, 5.41) is 10.6. The number of benzene rings is 1. The van der Waals surface area contributed by atoms with E-state index in [0.717, 1.165) is 30.2 Å². The lowest BCUT2D eigenvalue weighted by Gasteiger charge is -2.06. The summed E-state index contributed by atoms with van der Waals surface area (Å²) in [6.45, 7) is 0.588. The molecule has 0 spiro atoms. The largest absolute Gasteiger partial charge is 0.469 e. The van der Waals surface area contributed by atoms with Crippen molar-refractivity contribution in [1.82, 2.24) is 15.5 Å². The van der Waals surface area contributed by atoms with Crippen molar-refractivity contribution >= 4 is 22.8 Å². The van der Waals surface area contributed by atoms with Gasteiger partial charge in [-0.1, -0.05) is 18.6 Å². The number of carbonyl (C=O) groups excluding carboxylic acids is 2. The summed E-state index contributed by atoms with van der Waals surface area (Å²) in [4.78, 5) is 23.0. The van der Waals surface area contributed by atoms with Gasteiger partial charge >= 0.3 is 5.97 Å². The number of para-hydroxylation sites is 1. The summed E-state index contributed by atoms with van der Waals surface area (Å²) < 4.78 is 4.57. The van der Waals surface area contributed by atoms with Gasteiger partial charge in [0.2, 0.25) is 0 Å². The molecular weight excluding hydrogens is 270 g/mol. The Bertz CT molecular complexity index is 621. The molecule has 0 atom stereocenters. The molecule has 0 aliphatic rings. The normalized spacial score (nSPS) is 10.5. The Labute approximate surface area is 122 Å². The molecule has 112 valence electrons. The first-order valence-corrected chi connectivity index (χ1v) is 6.99. The number of fused-ring (bicyclic) bond motifs is 1. The predicted octanol–water partition coefficient (Wildman–Crippen LogP) is 2.03. The van der Waals surface area contributed by atoms with Crippen LogP contribution in [0.4, 0.5) is 0 Å². The van der Waals surface area contributed by atoms with Gasteiger partial charge in [0, 0.05) is 18.4 Å². The topological polar surface area (TPSA) is 84.1 Å². The third-order valence-corrected chi connectivity index (χ3v) is 3.29. The average molecular weight is 289 g/mol. The Balaban J connectivity index is 1.75. The molecule has 1 heterocycles. The molecule has 0 radical (unpaired) electrons. The Hall–Kier alpha value is -2.37. The molecule has 1 amide bonds. The van der Waals surface area contributed by atoms with Gasteiger partial charge in [-0.05, 0) is 18.9 Å². The summed E-state index contributed by atoms with van der Waals surface area (Å²) >= 11 is 0. The van der Waals surface area contributed by atoms with Crippen molar-refractivity contribution in [2.24, 2.45) is 0 Å². The van der Waals surface area contributed by atoms with Crippen LogP contribution in [-0.4, -0.2) is 35.7 Å². The van der Waals surface area contributed by atoms with Crippen LogP contribution in [0.15, 0.2) is 24.4 Å². The summed E-state index contributed by atoms with van der Waals surface area (Å²) in [7, 11) is 1.39. The number of amides is 1. The smallest absolute Gasteiger partial charge is 0.305 e. The molecule has 0 saturated carbocycles. The second-order valence-corrected chi connectivity index (χ2v) is 4.78. The third-order valence-electron chi connectivity index (χ3n) is 3.29. The fourth-order valence-electron chi connectivity index (χ4n) is 2.13. The van der Waals surface area contributed by atoms with Crippen molar-refractivity contribution in [1.29, 1.82) is 0 Å². The number of aromatic amines is 1. The first kappa shape index (κ1) is 15.0. The van der Waals surface area contributed by atoms with Crippen LogP contribution in [0, 0.1) is 0 Å². The maximum atomic E-state index is 12.1. The Morgan fingerprint density at radius 1 is 1.29 bits per heavy atom. The third kappa shape index (κ3) is 4.05. The van der Waals surface area contributed by atoms with Gasteiger partial charge in [0.05, 0.1) is 24.4 Å². The molecule has 1 aromatic heterocycles. The van der Waals surface area contributed by atoms with Crippen LogP contribution >= 0.6 is 0 Å². The molecule has 0 unspecified atom stereocenters. The second-order valence-electron chi connectivity index (χ2n) is 4.78. The standard InChI is InChI=1S/C15H19N3O3/c1-21-13(19)8-3-2-4-9-16-15(20)12-7-5-6-11-10-17-18-14(11)12/h5-7,10H,2-4,8-9H2,1H3,(H,16,20)(H,17,18). The minimum absolute atomic E-state index is 0.113. The highest BCUT2D eigenvalue weighted by Gasteiger charge is 2.10. The number of rotatable bonds is 7. The van der Waals surface area contributed by atoms with E-state index in [1.54, 1.807) is 12.3 Å². The van der Waals surface area contributed by atoms with Crippen molar-refractivity contribution in [2.75, 3.05) is 13.7 Å². The van der Waals surface area contributed by atoms with Gasteiger partial charge in [0.15, 0.2) is 0 Å². The van der Waals surface area contributed by atoms with E-state index in [4.69, 9.17) is 0 Å². The summed E-state index contributed by atoms with van der Waals surface area (Å²) in [6, 6.07) is 5.51. The van der Waals surface area contributed by atoms with Gasteiger partial charge in [0.1, 0.15) is 0 Å². The molecule has 0 bridgehead atoms. The summed E-state index contributed by atoms with van der Waals surface area (Å²) in [5.74, 6) is -0.303. The van der Waals surface area contributed by atoms with Crippen LogP contribution < -0.4 is 5.32 Å². The highest BCUT2D eigenvalue weighted by Crippen LogP contribution is 2.15. The van der Waals surface area contributed by atoms with Gasteiger partial charge in [-0.15, -0.1) is 0 Å². The van der Waals surface area contributed by atoms with Crippen LogP contribution in [0.25, 0.3) is 10.9 Å². The number of hydrogen-bond donors (Lipinski definition) is 2. The highest BCUT2D eigenvalue weighted by molar-refractivity contribution is 6.05. The van der Waals surface area contributed by atoms with Crippen molar-refractivity contribution in [3.8, 4) is 0 Å². The van der Waals surface area contributed by atoms with Crippen molar-refractivity contribution < 1.29 is 14.3 Å². The van der Waals surface area contributed by atoms with Gasteiger partial charge < -0.3 is 10.1 Å². The molecule has 6 nitrogen and oxygen atoms in total. The van der Waals surface area contributed by atoms with Gasteiger partial charge in [-0.2, -0.15) is 5.10 Å². The number of ether oxygens (including phenoxy) is 1. The minimum atomic E-state index is -0.190. The lowest BCUT2D eigenvalue weighted by molar-refractivity contribution is -0.140. The molecule has 0 aliphatic carbocycles. The van der Waals surface area contributed by atoms with E-state index in [1.807, 2.05) is 12.1 Å². The van der Waals surface area contributed by atoms with Crippen LogP contribution in [0.5, 0.6) is 0 Å². The number of methoxy groups -OCH3 is 1. The number of H-pyrrole nitrogens is 1. The number of aromatic nitrogens is 2. The van der Waals surface area contributed by atoms with E-state index in [2.05, 4.69) is 20.3 Å². The zero-order valence-corrected chi connectivity index (χ0v) is 12.0. The van der Waals surface area contributed by atoms with E-state index < -0.39 is 0 Å². The first-order chi connectivity index (χ1) is 10.2. The molecule has 21 heavy (non-hydrogen) atoms. The van der Waals surface area contributed by atoms with Gasteiger partial charge in [-0.25, -0.2) is 0 Å². The highest BCUT2D eigenvalue weighted by atomic mass is 16.5. The van der Waals surface area contributed by atoms with E-state index in [-0.39, 0.29) is 11.9 Å². The van der Waals surface area contributed by atoms with Crippen LogP contribution in [0.3, 0.4) is 0 Å². The number of esters is 1. The monoisotopic (exact) mass is 289 g/mol. The molecular formula is C15H19N3O3. The Morgan fingerprint density at radius 3 is 2.95 bits per heavy atom. The number of hydrogen-bond acceptors (Lipinski definition) is 4. The minimum Gasteiger partial charge on any atom is -0.469 e. The molecule has 0 aliphatic heterocycles. The number of nitrogens with zero attached hydrogens (tertiary/aromatic N) is 1. The number of unbranched alkanes of at least 4 members (excludes halogenated alkanes) is 2. The van der Waals surface area contributed by atoms with Gasteiger partial charge in [0.25, 0.3) is 5.91 Å². The maximum absolute atomic E-state index is 12.1. The quantitative estimate of drug-likeness (QED) is 0.603. The maximum Gasteiger partial charge on any atom is 0.305 e. The molecule has 0 saturated heterocycles. The lowest BCUT2D eigenvalue weighted by atomic mass is 10.1. The average Bonchev–Trinajstić information content (AvgIpc) is 2.98. The van der Waals surface area contributed by atoms with Crippen LogP contribution in [0.1, 0.15) is 36.0 Å². The first-order valence-electron chi connectivity index (χ1n) is 6.99. The molecule has 2 rings (SSSR count). The summed E-state index contributed by atoms with van der Waals surface area (Å²) in [5.41, 5.74) is 1.35.